The molecule has 0 saturated heterocycles. The third-order valence-corrected chi connectivity index (χ3v) is 3.42. The molecule has 0 radical (unpaired) electrons. The molecule has 0 bridgehead atoms. The zero-order valence-electron chi connectivity index (χ0n) is 10.8. The van der Waals surface area contributed by atoms with E-state index in [1.807, 2.05) is 18.2 Å². The molecule has 2 aromatic rings. The monoisotopic (exact) mass is 335 g/mol. The zero-order chi connectivity index (χ0) is 14.7. The Morgan fingerprint density at radius 1 is 1.30 bits per heavy atom. The quantitative estimate of drug-likeness (QED) is 0.749. The van der Waals surface area contributed by atoms with Crippen molar-refractivity contribution < 1.29 is 9.53 Å². The largest absolute Gasteiger partial charge is 0.496 e. The summed E-state index contributed by atoms with van der Waals surface area (Å²) in [7, 11) is 1.60. The van der Waals surface area contributed by atoms with E-state index in [0.29, 0.717) is 16.9 Å². The van der Waals surface area contributed by atoms with Gasteiger partial charge in [0, 0.05) is 5.69 Å². The summed E-state index contributed by atoms with van der Waals surface area (Å²) < 4.78 is 5.98. The van der Waals surface area contributed by atoms with E-state index >= 15 is 0 Å². The van der Waals surface area contributed by atoms with Gasteiger partial charge in [0.2, 0.25) is 0 Å². The van der Waals surface area contributed by atoms with Crippen LogP contribution in [0.15, 0.2) is 40.9 Å². The molecule has 0 aliphatic heterocycles. The summed E-state index contributed by atoms with van der Waals surface area (Å²) >= 11 is 3.41. The molecule has 0 aromatic heterocycles. The minimum Gasteiger partial charge on any atom is -0.496 e. The molecule has 0 unspecified atom stereocenters. The van der Waals surface area contributed by atoms with Crippen LogP contribution in [0.2, 0.25) is 0 Å². The van der Waals surface area contributed by atoms with E-state index in [-0.39, 0.29) is 0 Å². The maximum Gasteiger partial charge on any atom is 0.250 e. The Bertz CT molecular complexity index is 659. The fourth-order valence-electron chi connectivity index (χ4n) is 1.79. The maximum atomic E-state index is 11.3. The molecule has 0 aliphatic carbocycles. The molecular weight excluding hydrogens is 322 g/mol. The highest BCUT2D eigenvalue weighted by Gasteiger charge is 2.10. The van der Waals surface area contributed by atoms with Gasteiger partial charge in [-0.2, -0.15) is 0 Å². The molecule has 0 spiro atoms. The van der Waals surface area contributed by atoms with Crippen molar-refractivity contribution in [2.24, 2.45) is 5.73 Å². The first kappa shape index (κ1) is 14.2. The third kappa shape index (κ3) is 2.85. The van der Waals surface area contributed by atoms with Crippen LogP contribution in [0.1, 0.15) is 10.4 Å². The number of carbonyl (C=O) groups excluding carboxylic acids is 1. The number of nitrogen functional groups attached to an aromatic ring is 1. The Kier molecular flexibility index (Phi) is 4.14. The third-order valence-electron chi connectivity index (χ3n) is 2.80. The second kappa shape index (κ2) is 5.83. The molecule has 0 heterocycles. The number of methoxy groups -OCH3 is 1. The lowest BCUT2D eigenvalue weighted by Crippen LogP contribution is -2.14. The molecule has 0 atom stereocenters. The molecule has 2 aromatic carbocycles. The Morgan fingerprint density at radius 3 is 2.65 bits per heavy atom. The number of nitrogens with two attached hydrogens (primary N) is 2. The first-order valence-corrected chi connectivity index (χ1v) is 6.61. The summed E-state index contributed by atoms with van der Waals surface area (Å²) in [5.74, 6) is 0.177. The highest BCUT2D eigenvalue weighted by molar-refractivity contribution is 9.10. The predicted octanol–water partition coefficient (Wildman–Crippen LogP) is 2.88. The fourth-order valence-corrected chi connectivity index (χ4v) is 2.33. The van der Waals surface area contributed by atoms with Gasteiger partial charge in [0.05, 0.1) is 28.5 Å². The van der Waals surface area contributed by atoms with Gasteiger partial charge < -0.3 is 21.5 Å². The molecule has 5 N–H and O–H groups in total. The van der Waals surface area contributed by atoms with E-state index in [1.165, 1.54) is 0 Å². The first-order chi connectivity index (χ1) is 9.52. The van der Waals surface area contributed by atoms with E-state index in [0.717, 1.165) is 15.9 Å². The maximum absolute atomic E-state index is 11.3. The van der Waals surface area contributed by atoms with Crippen LogP contribution in [0.25, 0.3) is 0 Å². The lowest BCUT2D eigenvalue weighted by molar-refractivity contribution is 0.100. The van der Waals surface area contributed by atoms with Gasteiger partial charge in [0.15, 0.2) is 0 Å². The molecular formula is C14H14BrN3O2. The van der Waals surface area contributed by atoms with Crippen LogP contribution < -0.4 is 21.5 Å². The van der Waals surface area contributed by atoms with Crippen LogP contribution in [0, 0.1) is 0 Å². The summed E-state index contributed by atoms with van der Waals surface area (Å²) in [5, 5.41) is 3.14. The van der Waals surface area contributed by atoms with Gasteiger partial charge in [-0.05, 0) is 46.3 Å². The van der Waals surface area contributed by atoms with Gasteiger partial charge >= 0.3 is 0 Å². The van der Waals surface area contributed by atoms with Crippen molar-refractivity contribution >= 4 is 38.9 Å². The van der Waals surface area contributed by atoms with Crippen molar-refractivity contribution in [3.8, 4) is 5.75 Å². The van der Waals surface area contributed by atoms with Crippen LogP contribution in [0.3, 0.4) is 0 Å². The zero-order valence-corrected chi connectivity index (χ0v) is 12.4. The molecule has 104 valence electrons. The summed E-state index contributed by atoms with van der Waals surface area (Å²) in [4.78, 5) is 11.3. The second-order valence-corrected chi connectivity index (χ2v) is 4.96. The number of hydrogen-bond acceptors (Lipinski definition) is 4. The Hall–Kier alpha value is -2.21. The number of benzene rings is 2. The summed E-state index contributed by atoms with van der Waals surface area (Å²) in [6, 6.07) is 10.6. The molecule has 6 heteroatoms. The number of para-hydroxylation sites is 1. The lowest BCUT2D eigenvalue weighted by atomic mass is 10.1. The smallest absolute Gasteiger partial charge is 0.250 e. The standard InChI is InChI=1S/C14H14BrN3O2/c1-20-12-6-5-8(7-10(12)15)18-11-4-2-3-9(13(11)16)14(17)19/h2-7,18H,16H2,1H3,(H2,17,19). The second-order valence-electron chi connectivity index (χ2n) is 4.11. The van der Waals surface area contributed by atoms with Crippen LogP contribution in [0.4, 0.5) is 17.1 Å². The average molecular weight is 336 g/mol. The van der Waals surface area contributed by atoms with E-state index < -0.39 is 5.91 Å². The van der Waals surface area contributed by atoms with Crippen LogP contribution >= 0.6 is 15.9 Å². The average Bonchev–Trinajstić information content (AvgIpc) is 2.41. The van der Waals surface area contributed by atoms with Crippen molar-refractivity contribution in [1.82, 2.24) is 0 Å². The van der Waals surface area contributed by atoms with Gasteiger partial charge in [0.25, 0.3) is 5.91 Å². The minimum absolute atomic E-state index is 0.294. The highest BCUT2D eigenvalue weighted by Crippen LogP contribution is 2.31. The number of nitrogens with one attached hydrogen (secondary N) is 1. The van der Waals surface area contributed by atoms with Crippen molar-refractivity contribution in [2.75, 3.05) is 18.2 Å². The summed E-state index contributed by atoms with van der Waals surface area (Å²) in [6.45, 7) is 0. The van der Waals surface area contributed by atoms with Crippen LogP contribution in [-0.2, 0) is 0 Å². The predicted molar refractivity (Wildman–Crippen MR) is 83.3 cm³/mol. The van der Waals surface area contributed by atoms with Gasteiger partial charge in [0.1, 0.15) is 5.75 Å². The first-order valence-electron chi connectivity index (χ1n) is 5.81. The van der Waals surface area contributed by atoms with E-state index in [2.05, 4.69) is 21.2 Å². The highest BCUT2D eigenvalue weighted by atomic mass is 79.9. The number of ether oxygens (including phenoxy) is 1. The van der Waals surface area contributed by atoms with Gasteiger partial charge in [-0.1, -0.05) is 6.07 Å². The van der Waals surface area contributed by atoms with Gasteiger partial charge in [-0.25, -0.2) is 0 Å². The SMILES string of the molecule is COc1ccc(Nc2cccc(C(N)=O)c2N)cc1Br. The van der Waals surface area contributed by atoms with Crippen LogP contribution in [0.5, 0.6) is 5.75 Å². The number of hydrogen-bond donors (Lipinski definition) is 3. The number of anilines is 3. The van der Waals surface area contributed by atoms with Gasteiger partial charge in [-0.3, -0.25) is 4.79 Å². The number of amides is 1. The topological polar surface area (TPSA) is 90.4 Å². The van der Waals surface area contributed by atoms with E-state index in [4.69, 9.17) is 16.2 Å². The molecule has 1 amide bonds. The number of halogens is 1. The minimum atomic E-state index is -0.554. The van der Waals surface area contributed by atoms with Crippen molar-refractivity contribution in [2.45, 2.75) is 0 Å². The number of carbonyl (C=O) groups is 1. The molecule has 0 fully saturated rings. The van der Waals surface area contributed by atoms with Crippen molar-refractivity contribution in [3.63, 3.8) is 0 Å². The number of primary amides is 1. The van der Waals surface area contributed by atoms with E-state index in [9.17, 15) is 4.79 Å². The lowest BCUT2D eigenvalue weighted by Gasteiger charge is -2.12. The molecule has 5 nitrogen and oxygen atoms in total. The van der Waals surface area contributed by atoms with Crippen molar-refractivity contribution in [3.05, 3.63) is 46.4 Å². The van der Waals surface area contributed by atoms with Crippen LogP contribution in [-0.4, -0.2) is 13.0 Å². The van der Waals surface area contributed by atoms with Gasteiger partial charge in [-0.15, -0.1) is 0 Å². The number of rotatable bonds is 4. The summed E-state index contributed by atoms with van der Waals surface area (Å²) in [5.41, 5.74) is 13.2. The Morgan fingerprint density at radius 2 is 2.05 bits per heavy atom. The fraction of sp³-hybridized carbons (Fsp3) is 0.0714. The summed E-state index contributed by atoms with van der Waals surface area (Å²) in [6.07, 6.45) is 0. The van der Waals surface area contributed by atoms with E-state index in [1.54, 1.807) is 25.3 Å². The molecule has 0 aliphatic rings. The molecule has 20 heavy (non-hydrogen) atoms. The molecule has 2 rings (SSSR count). The Labute approximate surface area is 125 Å². The molecule has 0 saturated carbocycles. The Balaban J connectivity index is 2.33. The normalized spacial score (nSPS) is 10.1. The van der Waals surface area contributed by atoms with Crippen molar-refractivity contribution in [1.29, 1.82) is 0 Å².